The van der Waals surface area contributed by atoms with Gasteiger partial charge in [-0.05, 0) is 30.9 Å². The molecule has 2 heterocycles. The second-order valence-corrected chi connectivity index (χ2v) is 7.33. The van der Waals surface area contributed by atoms with Gasteiger partial charge in [-0.3, -0.25) is 0 Å². The second-order valence-electron chi connectivity index (χ2n) is 5.48. The van der Waals surface area contributed by atoms with E-state index in [1.165, 1.54) is 10.5 Å². The summed E-state index contributed by atoms with van der Waals surface area (Å²) in [5, 5.41) is 13.1. The van der Waals surface area contributed by atoms with Crippen molar-refractivity contribution in [3.63, 3.8) is 0 Å². The van der Waals surface area contributed by atoms with E-state index in [0.717, 1.165) is 6.42 Å². The van der Waals surface area contributed by atoms with Crippen LogP contribution in [0.4, 0.5) is 5.69 Å². The average Bonchev–Trinajstić information content (AvgIpc) is 2.48. The van der Waals surface area contributed by atoms with Gasteiger partial charge in [0.2, 0.25) is 0 Å². The van der Waals surface area contributed by atoms with Gasteiger partial charge in [-0.2, -0.15) is 4.31 Å². The predicted molar refractivity (Wildman–Crippen MR) is 81.6 cm³/mol. The molecular weight excluding hydrogens is 290 g/mol. The first-order valence-corrected chi connectivity index (χ1v) is 8.78. The second kappa shape index (κ2) is 6.72. The number of hydrogen-bond acceptors (Lipinski definition) is 5. The lowest BCUT2D eigenvalue weighted by atomic mass is 9.98. The van der Waals surface area contributed by atoms with Crippen LogP contribution in [-0.2, 0) is 10.0 Å². The zero-order chi connectivity index (χ0) is 15.5. The molecule has 0 aromatic carbocycles. The highest BCUT2D eigenvalue weighted by molar-refractivity contribution is 7.89. The third kappa shape index (κ3) is 3.53. The number of aromatic nitrogens is 1. The van der Waals surface area contributed by atoms with Gasteiger partial charge >= 0.3 is 0 Å². The summed E-state index contributed by atoms with van der Waals surface area (Å²) in [6.45, 7) is 5.19. The van der Waals surface area contributed by atoms with Crippen LogP contribution in [-0.4, -0.2) is 48.6 Å². The lowest BCUT2D eigenvalue weighted by molar-refractivity contribution is 0.0604. The highest BCUT2D eigenvalue weighted by atomic mass is 32.2. The molecule has 118 valence electrons. The summed E-state index contributed by atoms with van der Waals surface area (Å²) in [4.78, 5) is 4.05. The molecule has 0 saturated carbocycles. The van der Waals surface area contributed by atoms with Gasteiger partial charge in [0.25, 0.3) is 10.0 Å². The molecule has 1 aliphatic heterocycles. The van der Waals surface area contributed by atoms with Crippen molar-refractivity contribution in [2.45, 2.75) is 37.8 Å². The topological polar surface area (TPSA) is 82.5 Å². The first-order valence-electron chi connectivity index (χ1n) is 7.34. The lowest BCUT2D eigenvalue weighted by Gasteiger charge is -2.33. The number of nitrogens with one attached hydrogen (secondary N) is 1. The Balaban J connectivity index is 2.27. The van der Waals surface area contributed by atoms with Crippen LogP contribution >= 0.6 is 0 Å². The summed E-state index contributed by atoms with van der Waals surface area (Å²) in [5.74, 6) is 0.123. The molecule has 1 fully saturated rings. The fraction of sp³-hybridized carbons (Fsp3) is 0.643. The Morgan fingerprint density at radius 2 is 2.29 bits per heavy atom. The minimum atomic E-state index is -3.68. The van der Waals surface area contributed by atoms with E-state index < -0.39 is 16.1 Å². The largest absolute Gasteiger partial charge is 0.391 e. The molecule has 2 rings (SSSR count). The number of rotatable bonds is 5. The van der Waals surface area contributed by atoms with Crippen molar-refractivity contribution in [3.05, 3.63) is 18.3 Å². The highest BCUT2D eigenvalue weighted by Crippen LogP contribution is 2.26. The Labute approximate surface area is 126 Å². The zero-order valence-corrected chi connectivity index (χ0v) is 13.3. The van der Waals surface area contributed by atoms with E-state index >= 15 is 0 Å². The molecule has 2 N–H and O–H groups in total. The first kappa shape index (κ1) is 16.2. The summed E-state index contributed by atoms with van der Waals surface area (Å²) >= 11 is 0. The van der Waals surface area contributed by atoms with Crippen LogP contribution in [0.3, 0.4) is 0 Å². The van der Waals surface area contributed by atoms with Crippen LogP contribution < -0.4 is 5.32 Å². The van der Waals surface area contributed by atoms with Gasteiger partial charge < -0.3 is 10.4 Å². The van der Waals surface area contributed by atoms with E-state index in [9.17, 15) is 13.5 Å². The number of β-amino-alcohol motifs (C(OH)–C–C–N with tert-alkyl or cyclic N) is 1. The van der Waals surface area contributed by atoms with E-state index in [4.69, 9.17) is 0 Å². The summed E-state index contributed by atoms with van der Waals surface area (Å²) < 4.78 is 26.8. The van der Waals surface area contributed by atoms with Crippen LogP contribution in [0.15, 0.2) is 23.4 Å². The Kier molecular flexibility index (Phi) is 5.18. The minimum Gasteiger partial charge on any atom is -0.391 e. The summed E-state index contributed by atoms with van der Waals surface area (Å²) in [7, 11) is -3.68. The van der Waals surface area contributed by atoms with Crippen molar-refractivity contribution in [1.82, 2.24) is 9.29 Å². The molecule has 6 nitrogen and oxygen atoms in total. The smallest absolute Gasteiger partial charge is 0.262 e. The summed E-state index contributed by atoms with van der Waals surface area (Å²) in [6.07, 6.45) is 2.41. The van der Waals surface area contributed by atoms with Crippen LogP contribution in [0.1, 0.15) is 26.7 Å². The standard InChI is InChI=1S/C14H23N3O3S/c1-3-7-15-12-5-4-8-16-14(12)21(19,20)17-9-6-11(2)13(18)10-17/h4-5,8,11,13,15,18H,3,6-7,9-10H2,1-2H3. The van der Waals surface area contributed by atoms with Gasteiger partial charge in [0.05, 0.1) is 11.8 Å². The van der Waals surface area contributed by atoms with Crippen molar-refractivity contribution in [1.29, 1.82) is 0 Å². The number of sulfonamides is 1. The molecule has 7 heteroatoms. The van der Waals surface area contributed by atoms with Crippen molar-refractivity contribution < 1.29 is 13.5 Å². The fourth-order valence-corrected chi connectivity index (χ4v) is 3.90. The maximum absolute atomic E-state index is 12.7. The van der Waals surface area contributed by atoms with Gasteiger partial charge in [0.15, 0.2) is 5.03 Å². The van der Waals surface area contributed by atoms with Crippen LogP contribution in [0, 0.1) is 5.92 Å². The van der Waals surface area contributed by atoms with Gasteiger partial charge in [0.1, 0.15) is 0 Å². The quantitative estimate of drug-likeness (QED) is 0.856. The Morgan fingerprint density at radius 1 is 1.52 bits per heavy atom. The minimum absolute atomic E-state index is 0.0419. The van der Waals surface area contributed by atoms with E-state index in [0.29, 0.717) is 25.2 Å². The average molecular weight is 313 g/mol. The van der Waals surface area contributed by atoms with Gasteiger partial charge in [-0.15, -0.1) is 0 Å². The molecule has 0 amide bonds. The summed E-state index contributed by atoms with van der Waals surface area (Å²) in [6, 6.07) is 3.43. The van der Waals surface area contributed by atoms with Crippen LogP contribution in [0.2, 0.25) is 0 Å². The highest BCUT2D eigenvalue weighted by Gasteiger charge is 2.34. The zero-order valence-electron chi connectivity index (χ0n) is 12.5. The molecule has 1 aromatic rings. The number of aliphatic hydroxyl groups is 1. The third-order valence-electron chi connectivity index (χ3n) is 3.80. The normalized spacial score (nSPS) is 24.0. The lowest BCUT2D eigenvalue weighted by Crippen LogP contribution is -2.46. The molecule has 1 aliphatic rings. The summed E-state index contributed by atoms with van der Waals surface area (Å²) in [5.41, 5.74) is 0.521. The first-order chi connectivity index (χ1) is 9.96. The monoisotopic (exact) mass is 313 g/mol. The van der Waals surface area contributed by atoms with Crippen LogP contribution in [0.25, 0.3) is 0 Å². The Bertz CT molecular complexity index is 577. The number of piperidine rings is 1. The maximum atomic E-state index is 12.7. The molecular formula is C14H23N3O3S. The Morgan fingerprint density at radius 3 is 2.95 bits per heavy atom. The molecule has 0 bridgehead atoms. The molecule has 1 saturated heterocycles. The van der Waals surface area contributed by atoms with Crippen LogP contribution in [0.5, 0.6) is 0 Å². The van der Waals surface area contributed by atoms with Gasteiger partial charge in [0, 0.05) is 25.8 Å². The Hall–Kier alpha value is -1.18. The number of anilines is 1. The number of aliphatic hydroxyl groups excluding tert-OH is 1. The predicted octanol–water partition coefficient (Wildman–Crippen LogP) is 1.29. The van der Waals surface area contributed by atoms with Crippen molar-refractivity contribution in [2.24, 2.45) is 5.92 Å². The molecule has 21 heavy (non-hydrogen) atoms. The molecule has 0 spiro atoms. The SMILES string of the molecule is CCCNc1cccnc1S(=O)(=O)N1CCC(C)C(O)C1. The third-order valence-corrected chi connectivity index (χ3v) is 5.63. The fourth-order valence-electron chi connectivity index (χ4n) is 2.35. The van der Waals surface area contributed by atoms with Gasteiger partial charge in [-0.25, -0.2) is 13.4 Å². The molecule has 2 unspecified atom stereocenters. The van der Waals surface area contributed by atoms with Crippen molar-refractivity contribution >= 4 is 15.7 Å². The number of hydrogen-bond donors (Lipinski definition) is 2. The van der Waals surface area contributed by atoms with E-state index in [1.54, 1.807) is 12.1 Å². The van der Waals surface area contributed by atoms with E-state index in [-0.39, 0.29) is 17.5 Å². The maximum Gasteiger partial charge on any atom is 0.262 e. The molecule has 1 aromatic heterocycles. The van der Waals surface area contributed by atoms with Crippen molar-refractivity contribution in [2.75, 3.05) is 25.0 Å². The molecule has 2 atom stereocenters. The van der Waals surface area contributed by atoms with E-state index in [2.05, 4.69) is 10.3 Å². The number of pyridine rings is 1. The molecule has 0 aliphatic carbocycles. The van der Waals surface area contributed by atoms with E-state index in [1.807, 2.05) is 13.8 Å². The molecule has 0 radical (unpaired) electrons. The number of nitrogens with zero attached hydrogens (tertiary/aromatic N) is 2. The van der Waals surface area contributed by atoms with Gasteiger partial charge in [-0.1, -0.05) is 13.8 Å². The van der Waals surface area contributed by atoms with Crippen molar-refractivity contribution in [3.8, 4) is 0 Å².